The number of aromatic nitrogens is 3. The Morgan fingerprint density at radius 2 is 1.81 bits per heavy atom. The molecule has 0 aliphatic heterocycles. The van der Waals surface area contributed by atoms with Gasteiger partial charge in [-0.25, -0.2) is 9.67 Å². The van der Waals surface area contributed by atoms with Crippen LogP contribution in [0.25, 0.3) is 22.3 Å². The van der Waals surface area contributed by atoms with Gasteiger partial charge in [-0.3, -0.25) is 4.79 Å². The first kappa shape index (κ1) is 22.3. The number of hydrogen-bond donors (Lipinski definition) is 0. The monoisotopic (exact) mass is 445 g/mol. The highest BCUT2D eigenvalue weighted by Gasteiger charge is 2.39. The Balaban J connectivity index is 1.90. The summed E-state index contributed by atoms with van der Waals surface area (Å²) in [5, 5.41) is 4.37. The van der Waals surface area contributed by atoms with Crippen molar-refractivity contribution in [1.29, 1.82) is 0 Å². The molecule has 0 N–H and O–H groups in total. The first-order valence-corrected chi connectivity index (χ1v) is 10.7. The van der Waals surface area contributed by atoms with Gasteiger partial charge < -0.3 is 4.74 Å². The lowest BCUT2D eigenvalue weighted by Gasteiger charge is -2.19. The number of halogens is 3. The van der Waals surface area contributed by atoms with E-state index in [-0.39, 0.29) is 41.2 Å². The molecule has 2 aromatic heterocycles. The fourth-order valence-corrected chi connectivity index (χ4v) is 3.79. The second-order valence-electron chi connectivity index (χ2n) is 9.20. The predicted octanol–water partition coefficient (Wildman–Crippen LogP) is 5.86. The number of carbonyl (C=O) groups is 1. The quantitative estimate of drug-likeness (QED) is 0.462. The van der Waals surface area contributed by atoms with Crippen molar-refractivity contribution in [2.75, 3.05) is 6.61 Å². The molecule has 2 heterocycles. The summed E-state index contributed by atoms with van der Waals surface area (Å²) in [6.45, 7) is 7.78. The number of rotatable bonds is 5. The minimum atomic E-state index is -4.58. The van der Waals surface area contributed by atoms with E-state index in [1.54, 1.807) is 19.1 Å². The average Bonchev–Trinajstić information content (AvgIpc) is 3.49. The molecule has 1 aliphatic carbocycles. The number of pyridine rings is 1. The smallest absolute Gasteiger partial charge is 0.417 e. The predicted molar refractivity (Wildman–Crippen MR) is 115 cm³/mol. The Kier molecular flexibility index (Phi) is 5.51. The molecule has 3 aromatic rings. The summed E-state index contributed by atoms with van der Waals surface area (Å²) in [6, 6.07) is 8.46. The van der Waals surface area contributed by atoms with Gasteiger partial charge in [-0.2, -0.15) is 18.3 Å². The number of alkyl halides is 3. The van der Waals surface area contributed by atoms with Crippen LogP contribution >= 0.6 is 0 Å². The van der Waals surface area contributed by atoms with Crippen LogP contribution in [0.5, 0.6) is 0 Å². The molecular formula is C24H26F3N3O2. The highest BCUT2D eigenvalue weighted by atomic mass is 19.4. The van der Waals surface area contributed by atoms with E-state index in [1.807, 2.05) is 12.1 Å². The third-order valence-corrected chi connectivity index (χ3v) is 5.63. The van der Waals surface area contributed by atoms with Gasteiger partial charge in [0.25, 0.3) is 0 Å². The van der Waals surface area contributed by atoms with Crippen LogP contribution in [0.3, 0.4) is 0 Å². The van der Waals surface area contributed by atoms with Gasteiger partial charge in [-0.1, -0.05) is 45.0 Å². The molecule has 8 heteroatoms. The normalized spacial score (nSPS) is 14.7. The van der Waals surface area contributed by atoms with Crippen molar-refractivity contribution in [3.05, 3.63) is 47.2 Å². The maximum atomic E-state index is 14.1. The molecular weight excluding hydrogens is 419 g/mol. The zero-order valence-electron chi connectivity index (χ0n) is 18.6. The summed E-state index contributed by atoms with van der Waals surface area (Å²) in [4.78, 5) is 16.6. The van der Waals surface area contributed by atoms with Gasteiger partial charge >= 0.3 is 12.1 Å². The van der Waals surface area contributed by atoms with Crippen LogP contribution in [-0.2, 0) is 27.7 Å². The molecule has 170 valence electrons. The summed E-state index contributed by atoms with van der Waals surface area (Å²) in [6.07, 6.45) is -3.03. The van der Waals surface area contributed by atoms with Crippen molar-refractivity contribution >= 4 is 17.0 Å². The number of hydrogen-bond acceptors (Lipinski definition) is 4. The lowest BCUT2D eigenvalue weighted by molar-refractivity contribution is -0.144. The van der Waals surface area contributed by atoms with Crippen LogP contribution in [0.1, 0.15) is 63.3 Å². The van der Waals surface area contributed by atoms with Gasteiger partial charge in [0.1, 0.15) is 6.54 Å². The van der Waals surface area contributed by atoms with Gasteiger partial charge in [-0.05, 0) is 36.8 Å². The maximum Gasteiger partial charge on any atom is 0.417 e. The van der Waals surface area contributed by atoms with Crippen molar-refractivity contribution < 1.29 is 22.7 Å². The number of benzene rings is 1. The molecule has 0 bridgehead atoms. The molecule has 1 saturated carbocycles. The Bertz CT molecular complexity index is 1150. The molecule has 32 heavy (non-hydrogen) atoms. The number of esters is 1. The van der Waals surface area contributed by atoms with Crippen molar-refractivity contribution in [1.82, 2.24) is 14.8 Å². The van der Waals surface area contributed by atoms with Crippen molar-refractivity contribution in [3.8, 4) is 11.3 Å². The van der Waals surface area contributed by atoms with E-state index in [2.05, 4.69) is 30.9 Å². The molecule has 0 atom stereocenters. The zero-order chi connectivity index (χ0) is 23.3. The lowest BCUT2D eigenvalue weighted by Crippen LogP contribution is -2.15. The minimum absolute atomic E-state index is 0.0145. The molecule has 1 aromatic carbocycles. The first-order chi connectivity index (χ1) is 15.0. The van der Waals surface area contributed by atoms with Crippen molar-refractivity contribution in [2.24, 2.45) is 0 Å². The third-order valence-electron chi connectivity index (χ3n) is 5.63. The topological polar surface area (TPSA) is 57.0 Å². The second-order valence-corrected chi connectivity index (χ2v) is 9.20. The van der Waals surface area contributed by atoms with E-state index in [0.29, 0.717) is 11.3 Å². The number of ether oxygens (including phenoxy) is 1. The van der Waals surface area contributed by atoms with E-state index < -0.39 is 17.7 Å². The molecule has 0 saturated heterocycles. The Morgan fingerprint density at radius 1 is 1.16 bits per heavy atom. The Morgan fingerprint density at radius 3 is 2.34 bits per heavy atom. The molecule has 1 fully saturated rings. The van der Waals surface area contributed by atoms with E-state index in [1.165, 1.54) is 4.68 Å². The molecule has 0 spiro atoms. The van der Waals surface area contributed by atoms with Gasteiger partial charge in [0, 0.05) is 11.5 Å². The first-order valence-electron chi connectivity index (χ1n) is 10.7. The summed E-state index contributed by atoms with van der Waals surface area (Å²) >= 11 is 0. The van der Waals surface area contributed by atoms with Gasteiger partial charge in [0.2, 0.25) is 0 Å². The maximum absolute atomic E-state index is 14.1. The molecule has 5 nitrogen and oxygen atoms in total. The largest absolute Gasteiger partial charge is 0.465 e. The highest BCUT2D eigenvalue weighted by Crippen LogP contribution is 2.46. The molecule has 1 aliphatic rings. The van der Waals surface area contributed by atoms with E-state index in [9.17, 15) is 18.0 Å². The van der Waals surface area contributed by atoms with Crippen LogP contribution in [0, 0.1) is 0 Å². The lowest BCUT2D eigenvalue weighted by atomic mass is 9.86. The van der Waals surface area contributed by atoms with Crippen LogP contribution in [-0.4, -0.2) is 27.3 Å². The SMILES string of the molecule is CCOC(=O)Cn1nc(C2CC2)c2c(C(F)(F)F)cc(-c3ccc(C(C)(C)C)cc3)nc21. The van der Waals surface area contributed by atoms with Crippen LogP contribution in [0.2, 0.25) is 0 Å². The van der Waals surface area contributed by atoms with Crippen LogP contribution < -0.4 is 0 Å². The summed E-state index contributed by atoms with van der Waals surface area (Å²) < 4.78 is 48.6. The summed E-state index contributed by atoms with van der Waals surface area (Å²) in [5.41, 5.74) is 1.41. The number of nitrogens with zero attached hydrogens (tertiary/aromatic N) is 3. The summed E-state index contributed by atoms with van der Waals surface area (Å²) in [7, 11) is 0. The third kappa shape index (κ3) is 4.36. The van der Waals surface area contributed by atoms with Gasteiger partial charge in [0.15, 0.2) is 5.65 Å². The highest BCUT2D eigenvalue weighted by molar-refractivity contribution is 5.87. The van der Waals surface area contributed by atoms with E-state index in [4.69, 9.17) is 4.74 Å². The summed E-state index contributed by atoms with van der Waals surface area (Å²) in [5.74, 6) is -0.602. The minimum Gasteiger partial charge on any atom is -0.465 e. The molecule has 0 radical (unpaired) electrons. The fraction of sp³-hybridized carbons (Fsp3) is 0.458. The molecule has 0 unspecified atom stereocenters. The Hall–Kier alpha value is -2.90. The van der Waals surface area contributed by atoms with Crippen molar-refractivity contribution in [2.45, 2.75) is 64.6 Å². The van der Waals surface area contributed by atoms with Gasteiger partial charge in [0.05, 0.1) is 28.9 Å². The van der Waals surface area contributed by atoms with Crippen LogP contribution in [0.15, 0.2) is 30.3 Å². The van der Waals surface area contributed by atoms with Crippen molar-refractivity contribution in [3.63, 3.8) is 0 Å². The molecule has 4 rings (SSSR count). The van der Waals surface area contributed by atoms with E-state index in [0.717, 1.165) is 24.5 Å². The standard InChI is InChI=1S/C24H26F3N3O2/c1-5-32-19(31)13-30-22-20(21(29-30)15-6-7-15)17(24(25,26)27)12-18(28-22)14-8-10-16(11-9-14)23(2,3)4/h8-12,15H,5-7,13H2,1-4H3. The Labute approximate surface area is 184 Å². The van der Waals surface area contributed by atoms with E-state index >= 15 is 0 Å². The average molecular weight is 445 g/mol. The number of fused-ring (bicyclic) bond motifs is 1. The van der Waals surface area contributed by atoms with Gasteiger partial charge in [-0.15, -0.1) is 0 Å². The second kappa shape index (κ2) is 7.90. The fourth-order valence-electron chi connectivity index (χ4n) is 3.79. The number of carbonyl (C=O) groups excluding carboxylic acids is 1. The van der Waals surface area contributed by atoms with Crippen LogP contribution in [0.4, 0.5) is 13.2 Å². The zero-order valence-corrected chi connectivity index (χ0v) is 18.6. The molecule has 0 amide bonds.